The first-order valence-corrected chi connectivity index (χ1v) is 8.37. The zero-order valence-corrected chi connectivity index (χ0v) is 11.4. The van der Waals surface area contributed by atoms with Crippen LogP contribution in [-0.2, 0) is 14.8 Å². The van der Waals surface area contributed by atoms with Crippen LogP contribution < -0.4 is 0 Å². The number of unbranched alkanes of at least 4 members (excludes halogenated alkanes) is 1. The van der Waals surface area contributed by atoms with Crippen LogP contribution in [0.5, 0.6) is 0 Å². The fourth-order valence-electron chi connectivity index (χ4n) is 2.85. The highest BCUT2D eigenvalue weighted by atomic mass is 32.2. The van der Waals surface area contributed by atoms with Crippen LogP contribution in [0.3, 0.4) is 0 Å². The van der Waals surface area contributed by atoms with Crippen molar-refractivity contribution in [2.24, 2.45) is 0 Å². The minimum Gasteiger partial charge on any atom is -0.375 e. The van der Waals surface area contributed by atoms with Crippen LogP contribution in [0.1, 0.15) is 45.4 Å². The van der Waals surface area contributed by atoms with E-state index in [-0.39, 0.29) is 12.1 Å². The molecule has 0 N–H and O–H groups in total. The SMILES string of the molecule is CCCCS(=O)(=O)N1CCO[C@@H]2CCCC[C@@H]21. The third-order valence-corrected chi connectivity index (χ3v) is 5.77. The molecule has 5 heteroatoms. The summed E-state index contributed by atoms with van der Waals surface area (Å²) in [4.78, 5) is 0. The van der Waals surface area contributed by atoms with Crippen LogP contribution in [0.25, 0.3) is 0 Å². The van der Waals surface area contributed by atoms with Crippen LogP contribution in [0.2, 0.25) is 0 Å². The topological polar surface area (TPSA) is 46.6 Å². The van der Waals surface area contributed by atoms with Crippen LogP contribution >= 0.6 is 0 Å². The monoisotopic (exact) mass is 261 g/mol. The Kier molecular flexibility index (Phi) is 4.44. The van der Waals surface area contributed by atoms with Crippen molar-refractivity contribution >= 4 is 10.0 Å². The Bertz CT molecular complexity index is 340. The van der Waals surface area contributed by atoms with E-state index in [2.05, 4.69) is 0 Å². The lowest BCUT2D eigenvalue weighted by Crippen LogP contribution is -2.55. The quantitative estimate of drug-likeness (QED) is 0.774. The molecule has 1 aliphatic carbocycles. The normalized spacial score (nSPS) is 31.1. The smallest absolute Gasteiger partial charge is 0.214 e. The molecule has 0 radical (unpaired) electrons. The molecule has 2 fully saturated rings. The molecule has 4 nitrogen and oxygen atoms in total. The summed E-state index contributed by atoms with van der Waals surface area (Å²) < 4.78 is 32.0. The van der Waals surface area contributed by atoms with E-state index in [4.69, 9.17) is 4.74 Å². The van der Waals surface area contributed by atoms with E-state index in [1.165, 1.54) is 6.42 Å². The standard InChI is InChI=1S/C12H23NO3S/c1-2-3-10-17(14,15)13-8-9-16-12-7-5-4-6-11(12)13/h11-12H,2-10H2,1H3/t11-,12+/m0/s1. The van der Waals surface area contributed by atoms with E-state index < -0.39 is 10.0 Å². The molecule has 0 unspecified atom stereocenters. The largest absolute Gasteiger partial charge is 0.375 e. The maximum Gasteiger partial charge on any atom is 0.214 e. The molecule has 17 heavy (non-hydrogen) atoms. The third-order valence-electron chi connectivity index (χ3n) is 3.79. The number of sulfonamides is 1. The fraction of sp³-hybridized carbons (Fsp3) is 1.00. The first-order valence-electron chi connectivity index (χ1n) is 6.76. The number of nitrogens with zero attached hydrogens (tertiary/aromatic N) is 1. The Morgan fingerprint density at radius 1 is 1.29 bits per heavy atom. The Morgan fingerprint density at radius 3 is 2.82 bits per heavy atom. The van der Waals surface area contributed by atoms with E-state index in [9.17, 15) is 8.42 Å². The van der Waals surface area contributed by atoms with Crippen molar-refractivity contribution in [3.05, 3.63) is 0 Å². The molecular weight excluding hydrogens is 238 g/mol. The summed E-state index contributed by atoms with van der Waals surface area (Å²) in [5.74, 6) is 0.298. The van der Waals surface area contributed by atoms with Gasteiger partial charge in [0.2, 0.25) is 10.0 Å². The second-order valence-electron chi connectivity index (χ2n) is 5.04. The molecule has 100 valence electrons. The fourth-order valence-corrected chi connectivity index (χ4v) is 4.74. The van der Waals surface area contributed by atoms with Crippen LogP contribution in [0.15, 0.2) is 0 Å². The molecule has 2 atom stereocenters. The van der Waals surface area contributed by atoms with Gasteiger partial charge in [0.1, 0.15) is 0 Å². The van der Waals surface area contributed by atoms with Gasteiger partial charge in [0.05, 0.1) is 24.5 Å². The minimum atomic E-state index is -3.06. The van der Waals surface area contributed by atoms with Crippen LogP contribution in [0.4, 0.5) is 0 Å². The van der Waals surface area contributed by atoms with E-state index >= 15 is 0 Å². The molecule has 0 spiro atoms. The summed E-state index contributed by atoms with van der Waals surface area (Å²) in [5, 5.41) is 0. The van der Waals surface area contributed by atoms with Crippen molar-refractivity contribution in [1.29, 1.82) is 0 Å². The Labute approximate surface area is 104 Å². The average molecular weight is 261 g/mol. The van der Waals surface area contributed by atoms with Gasteiger partial charge in [0.25, 0.3) is 0 Å². The number of morpholine rings is 1. The maximum absolute atomic E-state index is 12.3. The summed E-state index contributed by atoms with van der Waals surface area (Å²) in [6, 6.07) is 0.111. The van der Waals surface area contributed by atoms with Gasteiger partial charge in [-0.15, -0.1) is 0 Å². The number of hydrogen-bond acceptors (Lipinski definition) is 3. The Balaban J connectivity index is 2.07. The van der Waals surface area contributed by atoms with E-state index in [0.717, 1.165) is 32.1 Å². The Morgan fingerprint density at radius 2 is 2.06 bits per heavy atom. The van der Waals surface area contributed by atoms with Crippen molar-refractivity contribution < 1.29 is 13.2 Å². The Hall–Kier alpha value is -0.130. The van der Waals surface area contributed by atoms with Gasteiger partial charge in [-0.1, -0.05) is 26.2 Å². The van der Waals surface area contributed by atoms with Crippen molar-refractivity contribution in [2.45, 2.75) is 57.6 Å². The third kappa shape index (κ3) is 3.01. The summed E-state index contributed by atoms with van der Waals surface area (Å²) in [5.41, 5.74) is 0. The molecule has 2 aliphatic rings. The molecule has 1 aliphatic heterocycles. The van der Waals surface area contributed by atoms with E-state index in [0.29, 0.717) is 18.9 Å². The van der Waals surface area contributed by atoms with Crippen LogP contribution in [0, 0.1) is 0 Å². The highest BCUT2D eigenvalue weighted by molar-refractivity contribution is 7.89. The van der Waals surface area contributed by atoms with Gasteiger partial charge in [0, 0.05) is 6.54 Å². The lowest BCUT2D eigenvalue weighted by Gasteiger charge is -2.42. The average Bonchev–Trinajstić information content (AvgIpc) is 2.36. The lowest BCUT2D eigenvalue weighted by molar-refractivity contribution is -0.0586. The molecule has 1 heterocycles. The summed E-state index contributed by atoms with van der Waals surface area (Å²) >= 11 is 0. The van der Waals surface area contributed by atoms with Gasteiger partial charge < -0.3 is 4.74 Å². The van der Waals surface area contributed by atoms with Gasteiger partial charge in [-0.25, -0.2) is 8.42 Å². The van der Waals surface area contributed by atoms with Gasteiger partial charge in [-0.05, 0) is 19.3 Å². The molecule has 0 bridgehead atoms. The molecule has 0 amide bonds. The van der Waals surface area contributed by atoms with E-state index in [1.54, 1.807) is 4.31 Å². The molecule has 1 saturated heterocycles. The zero-order chi connectivity index (χ0) is 12.3. The number of rotatable bonds is 4. The van der Waals surface area contributed by atoms with Crippen molar-refractivity contribution in [3.63, 3.8) is 0 Å². The second-order valence-corrected chi connectivity index (χ2v) is 7.08. The number of hydrogen-bond donors (Lipinski definition) is 0. The van der Waals surface area contributed by atoms with Gasteiger partial charge in [-0.2, -0.15) is 4.31 Å². The maximum atomic E-state index is 12.3. The van der Waals surface area contributed by atoms with Crippen LogP contribution in [-0.4, -0.2) is 43.8 Å². The second kappa shape index (κ2) is 5.67. The predicted octanol–water partition coefficient (Wildman–Crippen LogP) is 1.76. The molecule has 2 rings (SSSR count). The summed E-state index contributed by atoms with van der Waals surface area (Å²) in [7, 11) is -3.06. The highest BCUT2D eigenvalue weighted by Crippen LogP contribution is 2.30. The lowest BCUT2D eigenvalue weighted by atomic mass is 9.91. The number of ether oxygens (including phenoxy) is 1. The summed E-state index contributed by atoms with van der Waals surface area (Å²) in [6.45, 7) is 3.14. The van der Waals surface area contributed by atoms with Crippen molar-refractivity contribution in [3.8, 4) is 0 Å². The molecule has 0 aromatic rings. The number of fused-ring (bicyclic) bond motifs is 1. The minimum absolute atomic E-state index is 0.111. The van der Waals surface area contributed by atoms with E-state index in [1.807, 2.05) is 6.92 Å². The molecular formula is C12H23NO3S. The highest BCUT2D eigenvalue weighted by Gasteiger charge is 2.39. The van der Waals surface area contributed by atoms with Gasteiger partial charge >= 0.3 is 0 Å². The molecule has 1 saturated carbocycles. The summed E-state index contributed by atoms with van der Waals surface area (Å²) in [6.07, 6.45) is 6.12. The molecule has 0 aromatic heterocycles. The molecule has 0 aromatic carbocycles. The predicted molar refractivity (Wildman–Crippen MR) is 67.4 cm³/mol. The first-order chi connectivity index (χ1) is 8.15. The first kappa shape index (κ1) is 13.3. The zero-order valence-electron chi connectivity index (χ0n) is 10.6. The van der Waals surface area contributed by atoms with Crippen molar-refractivity contribution in [1.82, 2.24) is 4.31 Å². The van der Waals surface area contributed by atoms with Gasteiger partial charge in [0.15, 0.2) is 0 Å². The van der Waals surface area contributed by atoms with Gasteiger partial charge in [-0.3, -0.25) is 0 Å². The van der Waals surface area contributed by atoms with Crippen molar-refractivity contribution in [2.75, 3.05) is 18.9 Å².